The summed E-state index contributed by atoms with van der Waals surface area (Å²) in [7, 11) is 0. The number of hydrogen-bond acceptors (Lipinski definition) is 4. The summed E-state index contributed by atoms with van der Waals surface area (Å²) in [4.78, 5) is 34.3. The van der Waals surface area contributed by atoms with Crippen molar-refractivity contribution in [1.82, 2.24) is 24.8 Å². The average Bonchev–Trinajstić information content (AvgIpc) is 3.09. The van der Waals surface area contributed by atoms with Crippen LogP contribution in [0.25, 0.3) is 5.82 Å². The number of carbonyl (C=O) groups is 2. The van der Waals surface area contributed by atoms with Gasteiger partial charge in [0, 0.05) is 56.6 Å². The fourth-order valence-corrected chi connectivity index (χ4v) is 2.98. The maximum atomic E-state index is 12.2. The molecule has 3 heterocycles. The van der Waals surface area contributed by atoms with E-state index in [1.54, 1.807) is 18.7 Å². The van der Waals surface area contributed by atoms with Gasteiger partial charge in [0.2, 0.25) is 11.8 Å². The van der Waals surface area contributed by atoms with Gasteiger partial charge in [0.25, 0.3) is 0 Å². The predicted octanol–water partition coefficient (Wildman–Crippen LogP) is 1.68. The largest absolute Gasteiger partial charge is 0.352 e. The van der Waals surface area contributed by atoms with Crippen molar-refractivity contribution in [3.8, 4) is 5.82 Å². The van der Waals surface area contributed by atoms with Crippen LogP contribution in [0.15, 0.2) is 37.1 Å². The number of nitrogens with one attached hydrogen (secondary N) is 1. The molecule has 1 fully saturated rings. The Hall–Kier alpha value is -2.70. The molecule has 0 spiro atoms. The van der Waals surface area contributed by atoms with Crippen LogP contribution in [0.5, 0.6) is 0 Å². The third-order valence-corrected chi connectivity index (χ3v) is 4.37. The van der Waals surface area contributed by atoms with Gasteiger partial charge in [0.05, 0.1) is 0 Å². The monoisotopic (exact) mass is 341 g/mol. The van der Waals surface area contributed by atoms with Crippen LogP contribution in [-0.4, -0.2) is 44.3 Å². The van der Waals surface area contributed by atoms with Gasteiger partial charge in [-0.2, -0.15) is 0 Å². The van der Waals surface area contributed by atoms with Gasteiger partial charge in [-0.1, -0.05) is 12.5 Å². The van der Waals surface area contributed by atoms with Crippen molar-refractivity contribution in [1.29, 1.82) is 0 Å². The van der Waals surface area contributed by atoms with Crippen LogP contribution in [0.1, 0.15) is 37.7 Å². The fraction of sp³-hybridized carbons (Fsp3) is 0.444. The third-order valence-electron chi connectivity index (χ3n) is 4.37. The topological polar surface area (TPSA) is 80.1 Å². The SMILES string of the molecule is O=C(CCN1CCCCCC1=O)NCc1cccnc1-n1ccnc1. The Bertz CT molecular complexity index is 714. The summed E-state index contributed by atoms with van der Waals surface area (Å²) < 4.78 is 1.82. The lowest BCUT2D eigenvalue weighted by Gasteiger charge is -2.20. The Morgan fingerprint density at radius 2 is 2.16 bits per heavy atom. The first-order valence-corrected chi connectivity index (χ1v) is 8.71. The molecule has 0 unspecified atom stereocenters. The average molecular weight is 341 g/mol. The zero-order chi connectivity index (χ0) is 17.5. The molecule has 2 aromatic rings. The number of carbonyl (C=O) groups excluding carboxylic acids is 2. The number of pyridine rings is 1. The number of rotatable bonds is 6. The van der Waals surface area contributed by atoms with Crippen molar-refractivity contribution >= 4 is 11.8 Å². The molecule has 132 valence electrons. The molecule has 0 bridgehead atoms. The Morgan fingerprint density at radius 3 is 3.00 bits per heavy atom. The molecule has 7 nitrogen and oxygen atoms in total. The standard InChI is InChI=1S/C18H23N5O2/c24-16(7-11-22-10-3-1-2-6-17(22)25)21-13-15-5-4-8-20-18(15)23-12-9-19-14-23/h4-5,8-9,12,14H,1-3,6-7,10-11,13H2,(H,21,24). The molecule has 25 heavy (non-hydrogen) atoms. The Balaban J connectivity index is 1.52. The smallest absolute Gasteiger partial charge is 0.222 e. The zero-order valence-corrected chi connectivity index (χ0v) is 14.2. The minimum atomic E-state index is -0.0579. The highest BCUT2D eigenvalue weighted by molar-refractivity contribution is 5.79. The van der Waals surface area contributed by atoms with Crippen LogP contribution in [0.4, 0.5) is 0 Å². The van der Waals surface area contributed by atoms with E-state index < -0.39 is 0 Å². The minimum Gasteiger partial charge on any atom is -0.352 e. The van der Waals surface area contributed by atoms with Crippen LogP contribution in [0.3, 0.4) is 0 Å². The molecule has 7 heteroatoms. The molecule has 0 atom stereocenters. The number of hydrogen-bond donors (Lipinski definition) is 1. The Labute approximate surface area is 147 Å². The quantitative estimate of drug-likeness (QED) is 0.867. The number of aromatic nitrogens is 3. The van der Waals surface area contributed by atoms with Gasteiger partial charge in [0.1, 0.15) is 12.1 Å². The highest BCUT2D eigenvalue weighted by Crippen LogP contribution is 2.12. The summed E-state index contributed by atoms with van der Waals surface area (Å²) in [5.41, 5.74) is 0.916. The Kier molecular flexibility index (Phi) is 5.77. The molecule has 2 amide bonds. The maximum Gasteiger partial charge on any atom is 0.222 e. The highest BCUT2D eigenvalue weighted by Gasteiger charge is 2.17. The van der Waals surface area contributed by atoms with Crippen LogP contribution in [-0.2, 0) is 16.1 Å². The Morgan fingerprint density at radius 1 is 1.24 bits per heavy atom. The summed E-state index contributed by atoms with van der Waals surface area (Å²) in [6.45, 7) is 1.65. The lowest BCUT2D eigenvalue weighted by molar-refractivity contribution is -0.131. The van der Waals surface area contributed by atoms with Crippen molar-refractivity contribution < 1.29 is 9.59 Å². The van der Waals surface area contributed by atoms with E-state index in [-0.39, 0.29) is 11.8 Å². The van der Waals surface area contributed by atoms with E-state index in [2.05, 4.69) is 15.3 Å². The van der Waals surface area contributed by atoms with E-state index in [1.165, 1.54) is 0 Å². The lowest BCUT2D eigenvalue weighted by Crippen LogP contribution is -2.34. The lowest BCUT2D eigenvalue weighted by atomic mass is 10.2. The molecule has 2 aromatic heterocycles. The van der Waals surface area contributed by atoms with Gasteiger partial charge in [-0.15, -0.1) is 0 Å². The highest BCUT2D eigenvalue weighted by atomic mass is 16.2. The number of nitrogens with zero attached hydrogens (tertiary/aromatic N) is 4. The summed E-state index contributed by atoms with van der Waals surface area (Å²) in [6.07, 6.45) is 10.9. The normalized spacial score (nSPS) is 15.0. The molecular formula is C18H23N5O2. The molecule has 0 aromatic carbocycles. The van der Waals surface area contributed by atoms with Crippen LogP contribution in [0.2, 0.25) is 0 Å². The van der Waals surface area contributed by atoms with Crippen LogP contribution < -0.4 is 5.32 Å². The number of amides is 2. The molecule has 3 rings (SSSR count). The summed E-state index contributed by atoms with van der Waals surface area (Å²) >= 11 is 0. The van der Waals surface area contributed by atoms with Gasteiger partial charge in [-0.05, 0) is 18.9 Å². The molecule has 1 saturated heterocycles. The summed E-state index contributed by atoms with van der Waals surface area (Å²) in [6, 6.07) is 3.78. The van der Waals surface area contributed by atoms with Crippen molar-refractivity contribution in [3.05, 3.63) is 42.6 Å². The second-order valence-corrected chi connectivity index (χ2v) is 6.17. The van der Waals surface area contributed by atoms with E-state index >= 15 is 0 Å². The zero-order valence-electron chi connectivity index (χ0n) is 14.2. The molecule has 0 radical (unpaired) electrons. The molecule has 0 saturated carbocycles. The molecular weight excluding hydrogens is 318 g/mol. The molecule has 1 N–H and O–H groups in total. The van der Waals surface area contributed by atoms with Gasteiger partial charge in [-0.3, -0.25) is 14.2 Å². The minimum absolute atomic E-state index is 0.0579. The van der Waals surface area contributed by atoms with E-state index in [0.29, 0.717) is 25.9 Å². The van der Waals surface area contributed by atoms with E-state index in [1.807, 2.05) is 27.8 Å². The first-order valence-electron chi connectivity index (χ1n) is 8.71. The second-order valence-electron chi connectivity index (χ2n) is 6.17. The van der Waals surface area contributed by atoms with Crippen molar-refractivity contribution in [2.45, 2.75) is 38.6 Å². The summed E-state index contributed by atoms with van der Waals surface area (Å²) in [5.74, 6) is 0.862. The van der Waals surface area contributed by atoms with E-state index in [9.17, 15) is 9.59 Å². The third kappa shape index (κ3) is 4.65. The van der Waals surface area contributed by atoms with E-state index in [0.717, 1.165) is 37.2 Å². The predicted molar refractivity (Wildman–Crippen MR) is 92.9 cm³/mol. The van der Waals surface area contributed by atoms with Gasteiger partial charge in [0.15, 0.2) is 0 Å². The van der Waals surface area contributed by atoms with E-state index in [4.69, 9.17) is 0 Å². The van der Waals surface area contributed by atoms with Gasteiger partial charge < -0.3 is 10.2 Å². The van der Waals surface area contributed by atoms with Crippen molar-refractivity contribution in [2.24, 2.45) is 0 Å². The second kappa shape index (κ2) is 8.41. The van der Waals surface area contributed by atoms with Gasteiger partial charge in [-0.25, -0.2) is 9.97 Å². The molecule has 1 aliphatic rings. The molecule has 1 aliphatic heterocycles. The fourth-order valence-electron chi connectivity index (χ4n) is 2.98. The van der Waals surface area contributed by atoms with Gasteiger partial charge >= 0.3 is 0 Å². The molecule has 0 aliphatic carbocycles. The van der Waals surface area contributed by atoms with Crippen molar-refractivity contribution in [2.75, 3.05) is 13.1 Å². The maximum absolute atomic E-state index is 12.2. The number of likely N-dealkylation sites (tertiary alicyclic amines) is 1. The van der Waals surface area contributed by atoms with Crippen LogP contribution in [0, 0.1) is 0 Å². The summed E-state index contributed by atoms with van der Waals surface area (Å²) in [5, 5.41) is 2.92. The first-order chi connectivity index (χ1) is 12.2. The number of imidazole rings is 1. The first kappa shape index (κ1) is 17.1. The van der Waals surface area contributed by atoms with Crippen molar-refractivity contribution in [3.63, 3.8) is 0 Å². The van der Waals surface area contributed by atoms with Crippen LogP contribution >= 0.6 is 0 Å².